The van der Waals surface area contributed by atoms with Gasteiger partial charge in [-0.05, 0) is 11.6 Å². The number of benzene rings is 1. The Morgan fingerprint density at radius 2 is 2.00 bits per heavy atom. The molecule has 0 radical (unpaired) electrons. The van der Waals surface area contributed by atoms with Crippen molar-refractivity contribution in [2.24, 2.45) is 0 Å². The molecule has 0 fully saturated rings. The van der Waals surface area contributed by atoms with E-state index in [0.29, 0.717) is 10.6 Å². The minimum Gasteiger partial charge on any atom is -0.480 e. The van der Waals surface area contributed by atoms with Gasteiger partial charge in [0.2, 0.25) is 5.91 Å². The summed E-state index contributed by atoms with van der Waals surface area (Å²) < 4.78 is 0. The fourth-order valence-electron chi connectivity index (χ4n) is 1.05. The van der Waals surface area contributed by atoms with Gasteiger partial charge in [-0.2, -0.15) is 0 Å². The molecule has 2 N–H and O–H groups in total. The van der Waals surface area contributed by atoms with Crippen molar-refractivity contribution in [3.63, 3.8) is 0 Å². The molecule has 0 saturated carbocycles. The van der Waals surface area contributed by atoms with Crippen LogP contribution >= 0.6 is 11.6 Å². The molecule has 0 saturated heterocycles. The molecule has 0 aliphatic heterocycles. The molecule has 0 aliphatic rings. The van der Waals surface area contributed by atoms with Crippen LogP contribution in [-0.4, -0.2) is 23.5 Å². The summed E-state index contributed by atoms with van der Waals surface area (Å²) in [5.74, 6) is -1.42. The summed E-state index contributed by atoms with van der Waals surface area (Å²) >= 11 is 5.83. The fourth-order valence-corrected chi connectivity index (χ4v) is 1.25. The van der Waals surface area contributed by atoms with Crippen molar-refractivity contribution in [1.29, 1.82) is 0 Å². The van der Waals surface area contributed by atoms with Crippen LogP contribution in [-0.2, 0) is 16.0 Å². The van der Waals surface area contributed by atoms with Crippen LogP contribution < -0.4 is 5.32 Å². The lowest BCUT2D eigenvalue weighted by Crippen LogP contribution is -2.30. The van der Waals surface area contributed by atoms with Crippen LogP contribution in [0.3, 0.4) is 0 Å². The Morgan fingerprint density at radius 1 is 1.33 bits per heavy atom. The first-order chi connectivity index (χ1) is 7.09. The normalized spacial score (nSPS) is 9.67. The summed E-state index contributed by atoms with van der Waals surface area (Å²) in [4.78, 5) is 21.4. The molecule has 0 atom stereocenters. The van der Waals surface area contributed by atoms with Gasteiger partial charge in [0.1, 0.15) is 6.54 Å². The zero-order valence-corrected chi connectivity index (χ0v) is 8.62. The highest BCUT2D eigenvalue weighted by Gasteiger charge is 2.07. The Bertz CT molecular complexity index is 379. The smallest absolute Gasteiger partial charge is 0.322 e. The largest absolute Gasteiger partial charge is 0.480 e. The van der Waals surface area contributed by atoms with E-state index < -0.39 is 5.97 Å². The molecular weight excluding hydrogens is 218 g/mol. The highest BCUT2D eigenvalue weighted by molar-refractivity contribution is 6.31. The van der Waals surface area contributed by atoms with Crippen molar-refractivity contribution in [1.82, 2.24) is 5.32 Å². The second-order valence-corrected chi connectivity index (χ2v) is 3.35. The quantitative estimate of drug-likeness (QED) is 0.809. The molecule has 0 heterocycles. The predicted molar refractivity (Wildman–Crippen MR) is 55.8 cm³/mol. The van der Waals surface area contributed by atoms with Gasteiger partial charge in [-0.15, -0.1) is 0 Å². The molecule has 1 aromatic rings. The maximum atomic E-state index is 11.2. The standard InChI is InChI=1S/C10H10ClNO3/c11-8-4-2-1-3-7(8)5-9(13)12-6-10(14)15/h1-4H,5-6H2,(H,12,13)(H,14,15). The Kier molecular flexibility index (Phi) is 4.12. The first-order valence-corrected chi connectivity index (χ1v) is 4.69. The number of nitrogens with one attached hydrogen (secondary N) is 1. The van der Waals surface area contributed by atoms with E-state index in [-0.39, 0.29) is 18.9 Å². The number of carbonyl (C=O) groups is 2. The number of rotatable bonds is 4. The zero-order chi connectivity index (χ0) is 11.3. The topological polar surface area (TPSA) is 66.4 Å². The second kappa shape index (κ2) is 5.36. The lowest BCUT2D eigenvalue weighted by molar-refractivity contribution is -0.137. The average molecular weight is 228 g/mol. The number of hydrogen-bond acceptors (Lipinski definition) is 2. The minimum atomic E-state index is -1.07. The van der Waals surface area contributed by atoms with Crippen LogP contribution in [0.4, 0.5) is 0 Å². The van der Waals surface area contributed by atoms with E-state index in [1.54, 1.807) is 24.3 Å². The highest BCUT2D eigenvalue weighted by atomic mass is 35.5. The van der Waals surface area contributed by atoms with Gasteiger partial charge in [-0.25, -0.2) is 0 Å². The molecule has 1 aromatic carbocycles. The molecule has 0 aromatic heterocycles. The number of halogens is 1. The number of carboxylic acid groups (broad SMARTS) is 1. The summed E-state index contributed by atoms with van der Waals surface area (Å²) in [6.45, 7) is -0.372. The van der Waals surface area contributed by atoms with E-state index in [1.165, 1.54) is 0 Å². The van der Waals surface area contributed by atoms with Gasteiger partial charge in [-0.3, -0.25) is 9.59 Å². The molecule has 1 amide bonds. The van der Waals surface area contributed by atoms with Crippen LogP contribution in [0, 0.1) is 0 Å². The average Bonchev–Trinajstić information content (AvgIpc) is 2.18. The maximum Gasteiger partial charge on any atom is 0.322 e. The molecule has 5 heteroatoms. The Hall–Kier alpha value is -1.55. The van der Waals surface area contributed by atoms with Gasteiger partial charge < -0.3 is 10.4 Å². The van der Waals surface area contributed by atoms with Gasteiger partial charge in [-0.1, -0.05) is 29.8 Å². The van der Waals surface area contributed by atoms with Gasteiger partial charge in [0.25, 0.3) is 0 Å². The van der Waals surface area contributed by atoms with Crippen molar-refractivity contribution in [2.75, 3.05) is 6.54 Å². The third-order valence-corrected chi connectivity index (χ3v) is 2.11. The highest BCUT2D eigenvalue weighted by Crippen LogP contribution is 2.14. The zero-order valence-electron chi connectivity index (χ0n) is 7.87. The third kappa shape index (κ3) is 3.99. The molecule has 0 unspecified atom stereocenters. The fraction of sp³-hybridized carbons (Fsp3) is 0.200. The van der Waals surface area contributed by atoms with Gasteiger partial charge in [0.15, 0.2) is 0 Å². The first-order valence-electron chi connectivity index (χ1n) is 4.31. The van der Waals surface area contributed by atoms with Crippen LogP contribution in [0.5, 0.6) is 0 Å². The number of aliphatic carboxylic acids is 1. The SMILES string of the molecule is O=C(O)CNC(=O)Cc1ccccc1Cl. The second-order valence-electron chi connectivity index (χ2n) is 2.94. The maximum absolute atomic E-state index is 11.2. The van der Waals surface area contributed by atoms with E-state index in [2.05, 4.69) is 5.32 Å². The Balaban J connectivity index is 2.52. The summed E-state index contributed by atoms with van der Waals surface area (Å²) in [5.41, 5.74) is 0.682. The summed E-state index contributed by atoms with van der Waals surface area (Å²) in [7, 11) is 0. The van der Waals surface area contributed by atoms with E-state index in [1.807, 2.05) is 0 Å². The molecule has 4 nitrogen and oxygen atoms in total. The molecule has 0 spiro atoms. The van der Waals surface area contributed by atoms with Gasteiger partial charge in [0, 0.05) is 5.02 Å². The molecule has 0 bridgehead atoms. The van der Waals surface area contributed by atoms with Crippen molar-refractivity contribution >= 4 is 23.5 Å². The van der Waals surface area contributed by atoms with Crippen LogP contribution in [0.1, 0.15) is 5.56 Å². The predicted octanol–water partition coefficient (Wildman–Crippen LogP) is 1.08. The first kappa shape index (κ1) is 11.5. The van der Waals surface area contributed by atoms with Crippen LogP contribution in [0.2, 0.25) is 5.02 Å². The van der Waals surface area contributed by atoms with Crippen molar-refractivity contribution in [3.8, 4) is 0 Å². The van der Waals surface area contributed by atoms with Crippen molar-refractivity contribution in [3.05, 3.63) is 34.9 Å². The number of amides is 1. The van der Waals surface area contributed by atoms with Gasteiger partial charge in [0.05, 0.1) is 6.42 Å². The third-order valence-electron chi connectivity index (χ3n) is 1.75. The lowest BCUT2D eigenvalue weighted by atomic mass is 10.1. The van der Waals surface area contributed by atoms with Crippen molar-refractivity contribution in [2.45, 2.75) is 6.42 Å². The van der Waals surface area contributed by atoms with E-state index >= 15 is 0 Å². The molecule has 15 heavy (non-hydrogen) atoms. The molecule has 80 valence electrons. The Morgan fingerprint density at radius 3 is 2.60 bits per heavy atom. The summed E-state index contributed by atoms with van der Waals surface area (Å²) in [5, 5.41) is 11.1. The van der Waals surface area contributed by atoms with E-state index in [9.17, 15) is 9.59 Å². The Labute approximate surface area is 91.9 Å². The van der Waals surface area contributed by atoms with E-state index in [4.69, 9.17) is 16.7 Å². The molecule has 1 rings (SSSR count). The number of carboxylic acids is 1. The monoisotopic (exact) mass is 227 g/mol. The lowest BCUT2D eigenvalue weighted by Gasteiger charge is -2.03. The summed E-state index contributed by atoms with van der Waals surface area (Å²) in [6, 6.07) is 6.94. The minimum absolute atomic E-state index is 0.0902. The van der Waals surface area contributed by atoms with Crippen LogP contribution in [0.15, 0.2) is 24.3 Å². The number of hydrogen-bond donors (Lipinski definition) is 2. The number of carbonyl (C=O) groups excluding carboxylic acids is 1. The molecule has 0 aliphatic carbocycles. The molecular formula is C10H10ClNO3. The summed E-state index contributed by atoms with van der Waals surface area (Å²) in [6.07, 6.45) is 0.0902. The van der Waals surface area contributed by atoms with Crippen molar-refractivity contribution < 1.29 is 14.7 Å². The van der Waals surface area contributed by atoms with Gasteiger partial charge >= 0.3 is 5.97 Å². The van der Waals surface area contributed by atoms with E-state index in [0.717, 1.165) is 0 Å². The van der Waals surface area contributed by atoms with Crippen LogP contribution in [0.25, 0.3) is 0 Å².